The second kappa shape index (κ2) is 8.72. The molecule has 8 rings (SSSR count). The van der Waals surface area contributed by atoms with E-state index in [0.717, 1.165) is 0 Å². The van der Waals surface area contributed by atoms with Crippen LogP contribution in [0.4, 0.5) is 0 Å². The first-order valence-electron chi connectivity index (χ1n) is 23.4. The third-order valence-corrected chi connectivity index (χ3v) is 6.25. The molecule has 1 aromatic heterocycles. The molecule has 0 saturated carbocycles. The quantitative estimate of drug-likeness (QED) is 0.211. The Hall–Kier alpha value is -5.14. The van der Waals surface area contributed by atoms with Crippen LogP contribution >= 0.6 is 0 Å². The normalized spacial score (nSPS) is 20.2. The molecule has 0 amide bonds. The standard InChI is InChI=1S/C38H24O/c1-3-14-26(15-4-1)34-29-19-9-11-21-31(29)35(32-22-12-10-20-30(32)34)37-36-28-18-8-7-13-25(28)23-24-33(36)39-38(37)27-16-5-2-6-17-27/h1-24H/i1D,2D,3D,4D,5D,6D,7D,8D,9D,10D,11D,12D,13D,14D,15D,16D,17D,18D,19D,20D,21D,22D,23D,24D. The van der Waals surface area contributed by atoms with Crippen LogP contribution in [0.5, 0.6) is 0 Å². The highest BCUT2D eigenvalue weighted by molar-refractivity contribution is 6.27. The SMILES string of the molecule is [2H]c1c([2H])c([2H])c(-c2oc3c([2H])c([2H])c4c([2H])c([2H])c([2H])c([2H])c4c3c2-c2c3c([2H])c([2H])c([2H])c([2H])c3c(-c3c([2H])c([2H])c([2H])c([2H])c3[2H])c3c([2H])c([2H])c([2H])c([2H])c23)c([2H])c1[2H]. The van der Waals surface area contributed by atoms with Crippen LogP contribution in [0.25, 0.3) is 76.9 Å². The van der Waals surface area contributed by atoms with Gasteiger partial charge in [-0.15, -0.1) is 0 Å². The van der Waals surface area contributed by atoms with Gasteiger partial charge >= 0.3 is 0 Å². The average Bonchev–Trinajstić information content (AvgIpc) is 3.64. The van der Waals surface area contributed by atoms with Crippen LogP contribution in [0.3, 0.4) is 0 Å². The van der Waals surface area contributed by atoms with E-state index >= 15 is 0 Å². The van der Waals surface area contributed by atoms with Crippen LogP contribution in [-0.2, 0) is 0 Å². The van der Waals surface area contributed by atoms with Crippen molar-refractivity contribution < 1.29 is 37.3 Å². The molecule has 0 aliphatic carbocycles. The van der Waals surface area contributed by atoms with E-state index in [-0.39, 0.29) is 0 Å². The second-order valence-electron chi connectivity index (χ2n) is 8.26. The second-order valence-corrected chi connectivity index (χ2v) is 8.26. The third-order valence-electron chi connectivity index (χ3n) is 6.25. The van der Waals surface area contributed by atoms with Gasteiger partial charge in [0.2, 0.25) is 0 Å². The van der Waals surface area contributed by atoms with E-state index in [1.807, 2.05) is 0 Å². The van der Waals surface area contributed by atoms with Gasteiger partial charge in [0.1, 0.15) is 11.3 Å². The molecular weight excluding hydrogens is 472 g/mol. The summed E-state index contributed by atoms with van der Waals surface area (Å²) in [4.78, 5) is 0. The smallest absolute Gasteiger partial charge is 0.143 e. The Bertz CT molecular complexity index is 3360. The Morgan fingerprint density at radius 1 is 0.385 bits per heavy atom. The van der Waals surface area contributed by atoms with Crippen molar-refractivity contribution in [1.29, 1.82) is 0 Å². The Morgan fingerprint density at radius 2 is 0.872 bits per heavy atom. The van der Waals surface area contributed by atoms with Crippen LogP contribution in [-0.4, -0.2) is 0 Å². The summed E-state index contributed by atoms with van der Waals surface area (Å²) >= 11 is 0. The highest BCUT2D eigenvalue weighted by Gasteiger charge is 2.24. The van der Waals surface area contributed by atoms with E-state index < -0.39 is 222 Å². The number of hydrogen-bond donors (Lipinski definition) is 0. The molecule has 7 aromatic carbocycles. The minimum absolute atomic E-state index is 0.558. The minimum Gasteiger partial charge on any atom is -0.455 e. The Morgan fingerprint density at radius 3 is 1.49 bits per heavy atom. The summed E-state index contributed by atoms with van der Waals surface area (Å²) in [6.07, 6.45) is 0. The van der Waals surface area contributed by atoms with Crippen molar-refractivity contribution in [3.8, 4) is 33.6 Å². The average molecular weight is 521 g/mol. The molecular formula is C38H24O. The van der Waals surface area contributed by atoms with Gasteiger partial charge in [-0.25, -0.2) is 0 Å². The van der Waals surface area contributed by atoms with Gasteiger partial charge in [-0.2, -0.15) is 0 Å². The van der Waals surface area contributed by atoms with Gasteiger partial charge in [0.15, 0.2) is 0 Å². The number of benzene rings is 7. The maximum atomic E-state index is 9.43. The lowest BCUT2D eigenvalue weighted by Crippen LogP contribution is -1.91. The highest BCUT2D eigenvalue weighted by Crippen LogP contribution is 2.50. The molecule has 0 unspecified atom stereocenters. The summed E-state index contributed by atoms with van der Waals surface area (Å²) in [5, 5.41) is -4.49. The van der Waals surface area contributed by atoms with E-state index in [1.54, 1.807) is 0 Å². The monoisotopic (exact) mass is 520 g/mol. The molecule has 0 atom stereocenters. The third kappa shape index (κ3) is 3.34. The van der Waals surface area contributed by atoms with E-state index in [1.165, 1.54) is 0 Å². The van der Waals surface area contributed by atoms with Crippen LogP contribution in [0.2, 0.25) is 0 Å². The number of rotatable bonds is 3. The molecule has 182 valence electrons. The van der Waals surface area contributed by atoms with Gasteiger partial charge in [0.25, 0.3) is 0 Å². The fourth-order valence-corrected chi connectivity index (χ4v) is 4.75. The molecule has 0 aliphatic rings. The van der Waals surface area contributed by atoms with Gasteiger partial charge in [-0.1, -0.05) is 139 Å². The Balaban J connectivity index is 1.88. The zero-order chi connectivity index (χ0) is 46.6. The maximum absolute atomic E-state index is 9.43. The zero-order valence-corrected chi connectivity index (χ0v) is 19.4. The van der Waals surface area contributed by atoms with E-state index in [2.05, 4.69) is 0 Å². The van der Waals surface area contributed by atoms with Crippen molar-refractivity contribution in [2.45, 2.75) is 0 Å². The number of fused-ring (bicyclic) bond motifs is 5. The molecule has 1 nitrogen and oxygen atoms in total. The highest BCUT2D eigenvalue weighted by atomic mass is 16.3. The lowest BCUT2D eigenvalue weighted by Gasteiger charge is -2.18. The van der Waals surface area contributed by atoms with Gasteiger partial charge in [0, 0.05) is 22.1 Å². The van der Waals surface area contributed by atoms with Crippen molar-refractivity contribution >= 4 is 43.3 Å². The summed E-state index contributed by atoms with van der Waals surface area (Å²) in [5.41, 5.74) is -4.23. The van der Waals surface area contributed by atoms with Crippen LogP contribution in [0.1, 0.15) is 32.9 Å². The molecule has 0 radical (unpaired) electrons. The Labute approximate surface area is 260 Å². The van der Waals surface area contributed by atoms with Gasteiger partial charge in [-0.3, -0.25) is 0 Å². The first-order valence-corrected chi connectivity index (χ1v) is 11.4. The summed E-state index contributed by atoms with van der Waals surface area (Å²) in [6, 6.07) is -22.0. The fourth-order valence-electron chi connectivity index (χ4n) is 4.75. The maximum Gasteiger partial charge on any atom is 0.143 e. The van der Waals surface area contributed by atoms with E-state index in [9.17, 15) is 5.48 Å². The zero-order valence-electron chi connectivity index (χ0n) is 43.4. The van der Waals surface area contributed by atoms with Crippen molar-refractivity contribution in [2.24, 2.45) is 0 Å². The van der Waals surface area contributed by atoms with Crippen LogP contribution < -0.4 is 0 Å². The first kappa shape index (κ1) is 8.69. The fraction of sp³-hybridized carbons (Fsp3) is 0. The lowest BCUT2D eigenvalue weighted by atomic mass is 9.84. The molecule has 0 N–H and O–H groups in total. The van der Waals surface area contributed by atoms with Crippen molar-refractivity contribution in [1.82, 2.24) is 0 Å². The van der Waals surface area contributed by atoms with Crippen LogP contribution in [0.15, 0.2) is 149 Å². The predicted octanol–water partition coefficient (Wildman–Crippen LogP) is 10.9. The molecule has 0 saturated heterocycles. The summed E-state index contributed by atoms with van der Waals surface area (Å²) in [6.45, 7) is 0. The lowest BCUT2D eigenvalue weighted by molar-refractivity contribution is 0.633. The topological polar surface area (TPSA) is 13.1 Å². The predicted molar refractivity (Wildman–Crippen MR) is 165 cm³/mol. The molecule has 0 fully saturated rings. The molecule has 1 heteroatoms. The van der Waals surface area contributed by atoms with Gasteiger partial charge < -0.3 is 4.42 Å². The van der Waals surface area contributed by atoms with E-state index in [0.29, 0.717) is 0 Å². The Kier molecular flexibility index (Phi) is 1.94. The molecule has 1 heterocycles. The minimum atomic E-state index is -0.973. The molecule has 0 aliphatic heterocycles. The van der Waals surface area contributed by atoms with Crippen molar-refractivity contribution in [3.05, 3.63) is 145 Å². The first-order chi connectivity index (χ1) is 29.3. The van der Waals surface area contributed by atoms with Crippen LogP contribution in [0, 0.1) is 0 Å². The van der Waals surface area contributed by atoms with Gasteiger partial charge in [0.05, 0.1) is 32.9 Å². The number of furan rings is 1. The molecule has 39 heavy (non-hydrogen) atoms. The molecule has 8 aromatic rings. The van der Waals surface area contributed by atoms with Crippen molar-refractivity contribution in [3.63, 3.8) is 0 Å². The summed E-state index contributed by atoms with van der Waals surface area (Å²) < 4.78 is 218. The molecule has 0 bridgehead atoms. The molecule has 0 spiro atoms. The van der Waals surface area contributed by atoms with Crippen molar-refractivity contribution in [2.75, 3.05) is 0 Å². The van der Waals surface area contributed by atoms with Gasteiger partial charge in [-0.05, 0) is 49.5 Å². The van der Waals surface area contributed by atoms with E-state index in [4.69, 9.17) is 31.8 Å². The summed E-state index contributed by atoms with van der Waals surface area (Å²) in [5.74, 6) is -0.812. The largest absolute Gasteiger partial charge is 0.455 e. The summed E-state index contributed by atoms with van der Waals surface area (Å²) in [7, 11) is 0. The number of hydrogen-bond acceptors (Lipinski definition) is 1.